The summed E-state index contributed by atoms with van der Waals surface area (Å²) in [7, 11) is 1.87. The molecule has 2 aliphatic heterocycles. The molecule has 1 saturated heterocycles. The highest BCUT2D eigenvalue weighted by Crippen LogP contribution is 2.19. The van der Waals surface area contributed by atoms with E-state index in [0.29, 0.717) is 6.04 Å². The van der Waals surface area contributed by atoms with E-state index in [1.165, 1.54) is 11.3 Å². The van der Waals surface area contributed by atoms with Crippen LogP contribution in [0.3, 0.4) is 0 Å². The van der Waals surface area contributed by atoms with Gasteiger partial charge in [-0.25, -0.2) is 4.98 Å². The van der Waals surface area contributed by atoms with Gasteiger partial charge >= 0.3 is 0 Å². The molecule has 5 nitrogen and oxygen atoms in total. The largest absolute Gasteiger partial charge is 0.350 e. The van der Waals surface area contributed by atoms with Crippen molar-refractivity contribution in [2.45, 2.75) is 32.9 Å². The molecule has 22 heavy (non-hydrogen) atoms. The fourth-order valence-electron chi connectivity index (χ4n) is 3.13. The SMILES string of the molecule is CN=C(NCc1nc(C)c(C)s1)N1CCC(N2CC=CC2)C1. The highest BCUT2D eigenvalue weighted by atomic mass is 32.1. The number of nitrogens with one attached hydrogen (secondary N) is 1. The molecule has 3 rings (SSSR count). The molecule has 0 radical (unpaired) electrons. The van der Waals surface area contributed by atoms with Gasteiger partial charge in [0.15, 0.2) is 5.96 Å². The van der Waals surface area contributed by atoms with Crippen LogP contribution < -0.4 is 5.32 Å². The van der Waals surface area contributed by atoms with Gasteiger partial charge in [0.1, 0.15) is 5.01 Å². The first kappa shape index (κ1) is 15.5. The van der Waals surface area contributed by atoms with Gasteiger partial charge in [-0.05, 0) is 20.3 Å². The second-order valence-electron chi connectivity index (χ2n) is 5.96. The number of thiazole rings is 1. The molecular formula is C16H25N5S. The van der Waals surface area contributed by atoms with E-state index in [1.54, 1.807) is 11.3 Å². The predicted octanol–water partition coefficient (Wildman–Crippen LogP) is 1.78. The van der Waals surface area contributed by atoms with Gasteiger partial charge in [-0.15, -0.1) is 11.3 Å². The number of aliphatic imine (C=N–C) groups is 1. The topological polar surface area (TPSA) is 43.8 Å². The van der Waals surface area contributed by atoms with Gasteiger partial charge in [-0.2, -0.15) is 0 Å². The summed E-state index contributed by atoms with van der Waals surface area (Å²) < 4.78 is 0. The molecule has 0 aliphatic carbocycles. The second-order valence-corrected chi connectivity index (χ2v) is 7.25. The van der Waals surface area contributed by atoms with Gasteiger partial charge in [-0.1, -0.05) is 12.2 Å². The van der Waals surface area contributed by atoms with Gasteiger partial charge in [-0.3, -0.25) is 9.89 Å². The number of aryl methyl sites for hydroxylation is 2. The Labute approximate surface area is 136 Å². The highest BCUT2D eigenvalue weighted by molar-refractivity contribution is 7.11. The van der Waals surface area contributed by atoms with Gasteiger partial charge in [0, 0.05) is 44.1 Å². The standard InChI is InChI=1S/C16H25N5S/c1-12-13(2)22-15(19-12)10-18-16(17-3)21-9-6-14(11-21)20-7-4-5-8-20/h4-5,14H,6-11H2,1-3H3,(H,17,18). The molecule has 1 aromatic heterocycles. The van der Waals surface area contributed by atoms with Gasteiger partial charge in [0.25, 0.3) is 0 Å². The number of hydrogen-bond donors (Lipinski definition) is 1. The van der Waals surface area contributed by atoms with Crippen LogP contribution in [0.15, 0.2) is 17.1 Å². The first-order valence-corrected chi connectivity index (χ1v) is 8.76. The summed E-state index contributed by atoms with van der Waals surface area (Å²) in [6.07, 6.45) is 5.75. The molecule has 6 heteroatoms. The quantitative estimate of drug-likeness (QED) is 0.524. The fraction of sp³-hybridized carbons (Fsp3) is 0.625. The minimum absolute atomic E-state index is 0.651. The number of guanidine groups is 1. The van der Waals surface area contributed by atoms with Crippen molar-refractivity contribution >= 4 is 17.3 Å². The first-order valence-electron chi connectivity index (χ1n) is 7.95. The fourth-order valence-corrected chi connectivity index (χ4v) is 4.00. The monoisotopic (exact) mass is 319 g/mol. The summed E-state index contributed by atoms with van der Waals surface area (Å²) in [5.41, 5.74) is 1.14. The van der Waals surface area contributed by atoms with E-state index in [-0.39, 0.29) is 0 Å². The van der Waals surface area contributed by atoms with Gasteiger partial charge < -0.3 is 10.2 Å². The molecule has 1 N–H and O–H groups in total. The third-order valence-corrected chi connectivity index (χ3v) is 5.58. The lowest BCUT2D eigenvalue weighted by molar-refractivity contribution is 0.259. The zero-order valence-electron chi connectivity index (χ0n) is 13.7. The minimum atomic E-state index is 0.651. The van der Waals surface area contributed by atoms with Crippen LogP contribution in [0.1, 0.15) is 22.0 Å². The molecule has 1 aromatic rings. The molecule has 0 amide bonds. The zero-order valence-corrected chi connectivity index (χ0v) is 14.5. The van der Waals surface area contributed by atoms with Crippen molar-refractivity contribution in [1.82, 2.24) is 20.1 Å². The smallest absolute Gasteiger partial charge is 0.194 e. The lowest BCUT2D eigenvalue weighted by Crippen LogP contribution is -2.42. The maximum Gasteiger partial charge on any atom is 0.194 e. The van der Waals surface area contributed by atoms with Crippen LogP contribution in [-0.2, 0) is 6.54 Å². The first-order chi connectivity index (χ1) is 10.7. The van der Waals surface area contributed by atoms with Crippen LogP contribution in [0.5, 0.6) is 0 Å². The van der Waals surface area contributed by atoms with Crippen molar-refractivity contribution in [3.63, 3.8) is 0 Å². The molecule has 0 aromatic carbocycles. The average molecular weight is 319 g/mol. The number of aromatic nitrogens is 1. The number of rotatable bonds is 3. The normalized spacial score (nSPS) is 22.8. The van der Waals surface area contributed by atoms with Crippen molar-refractivity contribution in [2.75, 3.05) is 33.2 Å². The molecule has 2 aliphatic rings. The van der Waals surface area contributed by atoms with E-state index < -0.39 is 0 Å². The number of hydrogen-bond acceptors (Lipinski definition) is 4. The lowest BCUT2D eigenvalue weighted by Gasteiger charge is -2.25. The molecule has 120 valence electrons. The Balaban J connectivity index is 1.53. The van der Waals surface area contributed by atoms with Gasteiger partial charge in [0.2, 0.25) is 0 Å². The zero-order chi connectivity index (χ0) is 15.5. The van der Waals surface area contributed by atoms with E-state index in [1.807, 2.05) is 7.05 Å². The predicted molar refractivity (Wildman–Crippen MR) is 92.5 cm³/mol. The van der Waals surface area contributed by atoms with Crippen molar-refractivity contribution in [2.24, 2.45) is 4.99 Å². The molecule has 1 unspecified atom stereocenters. The van der Waals surface area contributed by atoms with E-state index in [4.69, 9.17) is 0 Å². The minimum Gasteiger partial charge on any atom is -0.350 e. The van der Waals surface area contributed by atoms with E-state index in [2.05, 4.69) is 51.1 Å². The molecule has 1 fully saturated rings. The van der Waals surface area contributed by atoms with E-state index >= 15 is 0 Å². The molecule has 3 heterocycles. The summed E-state index contributed by atoms with van der Waals surface area (Å²) in [6, 6.07) is 0.651. The molecule has 0 spiro atoms. The van der Waals surface area contributed by atoms with Crippen LogP contribution in [0.4, 0.5) is 0 Å². The van der Waals surface area contributed by atoms with Crippen molar-refractivity contribution in [3.05, 3.63) is 27.7 Å². The lowest BCUT2D eigenvalue weighted by atomic mass is 10.2. The van der Waals surface area contributed by atoms with E-state index in [9.17, 15) is 0 Å². The summed E-state index contributed by atoms with van der Waals surface area (Å²) >= 11 is 1.77. The Morgan fingerprint density at radius 2 is 2.18 bits per heavy atom. The van der Waals surface area contributed by atoms with Crippen LogP contribution in [0, 0.1) is 13.8 Å². The Morgan fingerprint density at radius 3 is 2.82 bits per heavy atom. The molecule has 0 bridgehead atoms. The van der Waals surface area contributed by atoms with Gasteiger partial charge in [0.05, 0.1) is 12.2 Å². The molecule has 1 atom stereocenters. The van der Waals surface area contributed by atoms with Crippen LogP contribution >= 0.6 is 11.3 Å². The average Bonchev–Trinajstić information content (AvgIpc) is 3.22. The third-order valence-electron chi connectivity index (χ3n) is 4.51. The summed E-state index contributed by atoms with van der Waals surface area (Å²) in [4.78, 5) is 15.3. The Bertz CT molecular complexity index is 550. The second kappa shape index (κ2) is 6.79. The number of likely N-dealkylation sites (tertiary alicyclic amines) is 1. The van der Waals surface area contributed by atoms with Crippen molar-refractivity contribution < 1.29 is 0 Å². The summed E-state index contributed by atoms with van der Waals surface area (Å²) in [6.45, 7) is 9.30. The maximum absolute atomic E-state index is 4.59. The van der Waals surface area contributed by atoms with Crippen LogP contribution in [0.25, 0.3) is 0 Å². The highest BCUT2D eigenvalue weighted by Gasteiger charge is 2.29. The van der Waals surface area contributed by atoms with Crippen molar-refractivity contribution in [1.29, 1.82) is 0 Å². The van der Waals surface area contributed by atoms with Crippen molar-refractivity contribution in [3.8, 4) is 0 Å². The Kier molecular flexibility index (Phi) is 4.78. The number of nitrogens with zero attached hydrogens (tertiary/aromatic N) is 4. The third kappa shape index (κ3) is 3.33. The molecule has 0 saturated carbocycles. The Hall–Kier alpha value is -1.40. The van der Waals surface area contributed by atoms with Crippen LogP contribution in [0.2, 0.25) is 0 Å². The summed E-state index contributed by atoms with van der Waals surface area (Å²) in [5, 5.41) is 4.60. The van der Waals surface area contributed by atoms with Crippen LogP contribution in [-0.4, -0.2) is 60.0 Å². The Morgan fingerprint density at radius 1 is 1.41 bits per heavy atom. The summed E-state index contributed by atoms with van der Waals surface area (Å²) in [5.74, 6) is 1.00. The maximum atomic E-state index is 4.59. The molecular weight excluding hydrogens is 294 g/mol. The van der Waals surface area contributed by atoms with E-state index in [0.717, 1.165) is 49.4 Å².